The van der Waals surface area contributed by atoms with Crippen molar-refractivity contribution in [2.45, 2.75) is 13.5 Å². The molecule has 1 heterocycles. The first-order valence-electron chi connectivity index (χ1n) is 5.46. The molecule has 2 aromatic rings. The van der Waals surface area contributed by atoms with E-state index in [0.29, 0.717) is 17.9 Å². The topological polar surface area (TPSA) is 57.9 Å². The molecule has 0 aliphatic heterocycles. The summed E-state index contributed by atoms with van der Waals surface area (Å²) >= 11 is 1.63. The van der Waals surface area contributed by atoms with Crippen molar-refractivity contribution in [3.63, 3.8) is 0 Å². The van der Waals surface area contributed by atoms with Crippen LogP contribution in [0.5, 0.6) is 5.75 Å². The second-order valence-electron chi connectivity index (χ2n) is 3.74. The number of ether oxygens (including phenoxy) is 1. The lowest BCUT2D eigenvalue weighted by Gasteiger charge is -2.10. The summed E-state index contributed by atoms with van der Waals surface area (Å²) < 4.78 is 5.25. The minimum absolute atomic E-state index is 0.585. The number of thiazole rings is 1. The number of methoxy groups -OCH3 is 1. The Kier molecular flexibility index (Phi) is 3.80. The van der Waals surface area contributed by atoms with Crippen LogP contribution in [0.25, 0.3) is 0 Å². The zero-order valence-electron chi connectivity index (χ0n) is 10.2. The molecule has 0 radical (unpaired) electrons. The molecular formula is C13H13N3OS. The van der Waals surface area contributed by atoms with E-state index < -0.39 is 0 Å². The molecule has 1 N–H and O–H groups in total. The molecule has 0 aliphatic carbocycles. The number of hydrogen-bond acceptors (Lipinski definition) is 5. The zero-order valence-corrected chi connectivity index (χ0v) is 11.0. The van der Waals surface area contributed by atoms with Gasteiger partial charge in [-0.05, 0) is 19.1 Å². The van der Waals surface area contributed by atoms with Crippen LogP contribution in [-0.2, 0) is 6.54 Å². The van der Waals surface area contributed by atoms with Gasteiger partial charge in [0.05, 0.1) is 41.7 Å². The Morgan fingerprint density at radius 2 is 2.33 bits per heavy atom. The highest BCUT2D eigenvalue weighted by atomic mass is 32.1. The minimum Gasteiger partial charge on any atom is -0.495 e. The van der Waals surface area contributed by atoms with Crippen molar-refractivity contribution in [3.8, 4) is 11.8 Å². The van der Waals surface area contributed by atoms with Crippen molar-refractivity contribution >= 4 is 17.0 Å². The third kappa shape index (κ3) is 2.79. The second kappa shape index (κ2) is 5.52. The van der Waals surface area contributed by atoms with Crippen LogP contribution in [0.4, 0.5) is 5.69 Å². The second-order valence-corrected chi connectivity index (χ2v) is 4.80. The quantitative estimate of drug-likeness (QED) is 0.917. The fourth-order valence-corrected chi connectivity index (χ4v) is 2.19. The van der Waals surface area contributed by atoms with Gasteiger partial charge in [0.25, 0.3) is 0 Å². The highest BCUT2D eigenvalue weighted by molar-refractivity contribution is 7.09. The number of nitrogens with zero attached hydrogens (tertiary/aromatic N) is 2. The number of rotatable bonds is 4. The molecule has 0 bridgehead atoms. The Labute approximate surface area is 110 Å². The van der Waals surface area contributed by atoms with Gasteiger partial charge in [0.15, 0.2) is 0 Å². The highest BCUT2D eigenvalue weighted by Crippen LogP contribution is 2.25. The molecule has 0 atom stereocenters. The predicted octanol–water partition coefficient (Wildman–Crippen LogP) is 2.94. The van der Waals surface area contributed by atoms with Gasteiger partial charge in [-0.25, -0.2) is 4.98 Å². The Balaban J connectivity index is 2.12. The number of aryl methyl sites for hydroxylation is 1. The maximum atomic E-state index is 8.82. The summed E-state index contributed by atoms with van der Waals surface area (Å²) in [5.41, 5.74) is 2.45. The fraction of sp³-hybridized carbons (Fsp3) is 0.231. The Bertz CT molecular complexity index is 586. The van der Waals surface area contributed by atoms with E-state index in [0.717, 1.165) is 16.4 Å². The first kappa shape index (κ1) is 12.4. The highest BCUT2D eigenvalue weighted by Gasteiger charge is 2.05. The molecule has 2 rings (SSSR count). The number of benzene rings is 1. The molecule has 1 aromatic heterocycles. The van der Waals surface area contributed by atoms with Crippen LogP contribution in [0, 0.1) is 18.3 Å². The van der Waals surface area contributed by atoms with Crippen molar-refractivity contribution in [2.75, 3.05) is 12.4 Å². The van der Waals surface area contributed by atoms with Gasteiger partial charge in [0.2, 0.25) is 0 Å². The first-order chi connectivity index (χ1) is 8.72. The Morgan fingerprint density at radius 3 is 2.94 bits per heavy atom. The summed E-state index contributed by atoms with van der Waals surface area (Å²) in [6.07, 6.45) is 0. The van der Waals surface area contributed by atoms with Gasteiger partial charge >= 0.3 is 0 Å². The van der Waals surface area contributed by atoms with Gasteiger partial charge in [-0.2, -0.15) is 5.26 Å². The van der Waals surface area contributed by atoms with Crippen molar-refractivity contribution in [1.29, 1.82) is 5.26 Å². The van der Waals surface area contributed by atoms with Crippen LogP contribution in [-0.4, -0.2) is 12.1 Å². The molecule has 18 heavy (non-hydrogen) atoms. The van der Waals surface area contributed by atoms with E-state index in [1.165, 1.54) is 0 Å². The van der Waals surface area contributed by atoms with E-state index in [4.69, 9.17) is 10.00 Å². The van der Waals surface area contributed by atoms with Gasteiger partial charge in [-0.3, -0.25) is 0 Å². The van der Waals surface area contributed by atoms with Gasteiger partial charge in [0, 0.05) is 11.4 Å². The lowest BCUT2D eigenvalue weighted by atomic mass is 10.2. The van der Waals surface area contributed by atoms with Crippen LogP contribution in [0.15, 0.2) is 23.6 Å². The van der Waals surface area contributed by atoms with Crippen molar-refractivity contribution in [3.05, 3.63) is 39.8 Å². The lowest BCUT2D eigenvalue weighted by Crippen LogP contribution is -2.02. The van der Waals surface area contributed by atoms with E-state index in [-0.39, 0.29) is 0 Å². The van der Waals surface area contributed by atoms with Crippen LogP contribution >= 0.6 is 11.3 Å². The van der Waals surface area contributed by atoms with Gasteiger partial charge in [-0.15, -0.1) is 11.3 Å². The lowest BCUT2D eigenvalue weighted by molar-refractivity contribution is 0.416. The van der Waals surface area contributed by atoms with Crippen LogP contribution in [0.3, 0.4) is 0 Å². The van der Waals surface area contributed by atoms with Crippen LogP contribution < -0.4 is 10.1 Å². The Hall–Kier alpha value is -2.06. The first-order valence-corrected chi connectivity index (χ1v) is 6.34. The molecule has 1 aromatic carbocycles. The molecule has 0 amide bonds. The fourth-order valence-electron chi connectivity index (χ4n) is 1.58. The maximum absolute atomic E-state index is 8.82. The van der Waals surface area contributed by atoms with E-state index in [1.54, 1.807) is 30.6 Å². The molecule has 92 valence electrons. The number of hydrogen-bond donors (Lipinski definition) is 1. The van der Waals surface area contributed by atoms with Gasteiger partial charge in [-0.1, -0.05) is 0 Å². The molecule has 0 saturated carbocycles. The predicted molar refractivity (Wildman–Crippen MR) is 71.9 cm³/mol. The molecule has 0 unspecified atom stereocenters. The molecule has 5 heteroatoms. The SMILES string of the molecule is COc1cc(C#N)ccc1NCc1csc(C)n1. The number of nitriles is 1. The van der Waals surface area contributed by atoms with Crippen LogP contribution in [0.2, 0.25) is 0 Å². The van der Waals surface area contributed by atoms with Crippen molar-refractivity contribution in [1.82, 2.24) is 4.98 Å². The van der Waals surface area contributed by atoms with Gasteiger partial charge < -0.3 is 10.1 Å². The average molecular weight is 259 g/mol. The molecule has 4 nitrogen and oxygen atoms in total. The van der Waals surface area contributed by atoms with Crippen molar-refractivity contribution < 1.29 is 4.74 Å². The number of aromatic nitrogens is 1. The standard InChI is InChI=1S/C13H13N3OS/c1-9-16-11(8-18-9)7-15-12-4-3-10(6-14)5-13(12)17-2/h3-5,8,15H,7H2,1-2H3. The molecule has 0 aliphatic rings. The third-order valence-corrected chi connectivity index (χ3v) is 3.28. The molecular weight excluding hydrogens is 246 g/mol. The molecule has 0 fully saturated rings. The van der Waals surface area contributed by atoms with Gasteiger partial charge in [0.1, 0.15) is 5.75 Å². The van der Waals surface area contributed by atoms with E-state index in [1.807, 2.05) is 18.4 Å². The monoisotopic (exact) mass is 259 g/mol. The number of anilines is 1. The zero-order chi connectivity index (χ0) is 13.0. The summed E-state index contributed by atoms with van der Waals surface area (Å²) in [6.45, 7) is 2.63. The largest absolute Gasteiger partial charge is 0.495 e. The smallest absolute Gasteiger partial charge is 0.143 e. The van der Waals surface area contributed by atoms with E-state index >= 15 is 0 Å². The van der Waals surface area contributed by atoms with E-state index in [9.17, 15) is 0 Å². The summed E-state index contributed by atoms with van der Waals surface area (Å²) in [6, 6.07) is 7.41. The summed E-state index contributed by atoms with van der Waals surface area (Å²) in [7, 11) is 1.59. The Morgan fingerprint density at radius 1 is 1.50 bits per heavy atom. The summed E-state index contributed by atoms with van der Waals surface area (Å²) in [4.78, 5) is 4.38. The average Bonchev–Trinajstić information content (AvgIpc) is 2.82. The summed E-state index contributed by atoms with van der Waals surface area (Å²) in [5.74, 6) is 0.668. The summed E-state index contributed by atoms with van der Waals surface area (Å²) in [5, 5.41) is 15.2. The maximum Gasteiger partial charge on any atom is 0.143 e. The molecule has 0 spiro atoms. The number of nitrogens with one attached hydrogen (secondary N) is 1. The van der Waals surface area contributed by atoms with Crippen molar-refractivity contribution in [2.24, 2.45) is 0 Å². The van der Waals surface area contributed by atoms with E-state index in [2.05, 4.69) is 16.4 Å². The normalized spacial score (nSPS) is 9.83. The third-order valence-electron chi connectivity index (χ3n) is 2.46. The minimum atomic E-state index is 0.585. The molecule has 0 saturated heterocycles. The van der Waals surface area contributed by atoms with Crippen LogP contribution in [0.1, 0.15) is 16.3 Å².